The summed E-state index contributed by atoms with van der Waals surface area (Å²) < 4.78 is 5.41. The van der Waals surface area contributed by atoms with Crippen molar-refractivity contribution in [3.8, 4) is 5.75 Å². The highest BCUT2D eigenvalue weighted by atomic mass is 32.2. The van der Waals surface area contributed by atoms with Gasteiger partial charge in [0.05, 0.1) is 18.1 Å². The lowest BCUT2D eigenvalue weighted by atomic mass is 10.1. The highest BCUT2D eigenvalue weighted by Gasteiger charge is 2.03. The van der Waals surface area contributed by atoms with Crippen LogP contribution in [-0.4, -0.2) is 24.0 Å². The number of carbonyl (C=O) groups excluding carboxylic acids is 1. The lowest BCUT2D eigenvalue weighted by Gasteiger charge is -2.06. The van der Waals surface area contributed by atoms with Crippen LogP contribution in [0.25, 0.3) is 0 Å². The number of benzene rings is 2. The Morgan fingerprint density at radius 2 is 1.80 bits per heavy atom. The van der Waals surface area contributed by atoms with Gasteiger partial charge in [-0.25, -0.2) is 5.43 Å². The fourth-order valence-corrected chi connectivity index (χ4v) is 2.93. The second kappa shape index (κ2) is 9.89. The normalized spacial score (nSPS) is 11.2. The van der Waals surface area contributed by atoms with Gasteiger partial charge in [0.15, 0.2) is 0 Å². The van der Waals surface area contributed by atoms with E-state index in [2.05, 4.69) is 41.7 Å². The SMILES string of the molecule is CCOc1ccc(/C(C)=N\NC(=O)CSCc2ccc(C)cc2)cc1. The van der Waals surface area contributed by atoms with Crippen molar-refractivity contribution in [1.82, 2.24) is 5.43 Å². The summed E-state index contributed by atoms with van der Waals surface area (Å²) in [7, 11) is 0. The van der Waals surface area contributed by atoms with Crippen molar-refractivity contribution >= 4 is 23.4 Å². The molecule has 0 aliphatic rings. The van der Waals surface area contributed by atoms with Crippen molar-refractivity contribution in [3.05, 3.63) is 65.2 Å². The second-order valence-electron chi connectivity index (χ2n) is 5.67. The van der Waals surface area contributed by atoms with Crippen LogP contribution in [0.15, 0.2) is 53.6 Å². The molecule has 2 aromatic rings. The third-order valence-electron chi connectivity index (χ3n) is 3.55. The maximum absolute atomic E-state index is 11.9. The van der Waals surface area contributed by atoms with Gasteiger partial charge in [0, 0.05) is 5.75 Å². The molecule has 0 aromatic heterocycles. The van der Waals surface area contributed by atoms with Crippen molar-refractivity contribution in [3.63, 3.8) is 0 Å². The molecule has 0 saturated heterocycles. The molecule has 0 bridgehead atoms. The largest absolute Gasteiger partial charge is 0.494 e. The maximum Gasteiger partial charge on any atom is 0.250 e. The summed E-state index contributed by atoms with van der Waals surface area (Å²) in [5, 5.41) is 4.17. The number of hydrogen-bond donors (Lipinski definition) is 1. The van der Waals surface area contributed by atoms with Crippen molar-refractivity contribution in [2.24, 2.45) is 5.10 Å². The predicted octanol–water partition coefficient (Wildman–Crippen LogP) is 4.17. The Labute approximate surface area is 153 Å². The third-order valence-corrected chi connectivity index (χ3v) is 4.56. The minimum absolute atomic E-state index is 0.0950. The van der Waals surface area contributed by atoms with E-state index in [-0.39, 0.29) is 5.91 Å². The molecule has 2 aromatic carbocycles. The zero-order valence-electron chi connectivity index (χ0n) is 14.9. The standard InChI is InChI=1S/C20H24N2O2S/c1-4-24-19-11-9-18(10-12-19)16(3)21-22-20(23)14-25-13-17-7-5-15(2)6-8-17/h5-12H,4,13-14H2,1-3H3,(H,22,23)/b21-16-. The number of nitrogens with one attached hydrogen (secondary N) is 1. The average Bonchev–Trinajstić information content (AvgIpc) is 2.62. The maximum atomic E-state index is 11.9. The Hall–Kier alpha value is -2.27. The molecule has 0 unspecified atom stereocenters. The van der Waals surface area contributed by atoms with Gasteiger partial charge in [-0.1, -0.05) is 29.8 Å². The fraction of sp³-hybridized carbons (Fsp3) is 0.300. The zero-order chi connectivity index (χ0) is 18.1. The van der Waals surface area contributed by atoms with Gasteiger partial charge < -0.3 is 4.74 Å². The number of aryl methyl sites for hydroxylation is 1. The van der Waals surface area contributed by atoms with Gasteiger partial charge in [-0.05, 0) is 56.2 Å². The topological polar surface area (TPSA) is 50.7 Å². The van der Waals surface area contributed by atoms with E-state index >= 15 is 0 Å². The number of thioether (sulfide) groups is 1. The van der Waals surface area contributed by atoms with Gasteiger partial charge in [0.2, 0.25) is 5.91 Å². The first-order chi connectivity index (χ1) is 12.1. The lowest BCUT2D eigenvalue weighted by Crippen LogP contribution is -2.21. The first kappa shape index (κ1) is 19.1. The summed E-state index contributed by atoms with van der Waals surface area (Å²) in [5.41, 5.74) is 6.79. The summed E-state index contributed by atoms with van der Waals surface area (Å²) in [6, 6.07) is 16.0. The number of hydrazone groups is 1. The molecule has 1 amide bonds. The Balaban J connectivity index is 1.77. The van der Waals surface area contributed by atoms with Crippen LogP contribution in [0.1, 0.15) is 30.5 Å². The molecular weight excluding hydrogens is 332 g/mol. The Morgan fingerprint density at radius 1 is 1.12 bits per heavy atom. The van der Waals surface area contributed by atoms with Crippen molar-refractivity contribution in [2.45, 2.75) is 26.5 Å². The van der Waals surface area contributed by atoms with E-state index in [9.17, 15) is 4.79 Å². The average molecular weight is 356 g/mol. The Kier molecular flexibility index (Phi) is 7.54. The first-order valence-corrected chi connectivity index (χ1v) is 9.43. The van der Waals surface area contributed by atoms with E-state index in [4.69, 9.17) is 4.74 Å². The molecule has 4 nitrogen and oxygen atoms in total. The number of carbonyl (C=O) groups is 1. The third kappa shape index (κ3) is 6.63. The van der Waals surface area contributed by atoms with Crippen LogP contribution in [0.3, 0.4) is 0 Å². The van der Waals surface area contributed by atoms with E-state index < -0.39 is 0 Å². The summed E-state index contributed by atoms with van der Waals surface area (Å²) >= 11 is 1.58. The number of hydrogen-bond acceptors (Lipinski definition) is 4. The number of amides is 1. The summed E-state index contributed by atoms with van der Waals surface area (Å²) in [6.45, 7) is 6.53. The van der Waals surface area contributed by atoms with Gasteiger partial charge in [0.25, 0.3) is 0 Å². The van der Waals surface area contributed by atoms with E-state index in [1.165, 1.54) is 11.1 Å². The first-order valence-electron chi connectivity index (χ1n) is 8.28. The van der Waals surface area contributed by atoms with Crippen LogP contribution in [0.5, 0.6) is 5.75 Å². The number of rotatable bonds is 8. The minimum Gasteiger partial charge on any atom is -0.494 e. The van der Waals surface area contributed by atoms with E-state index in [1.54, 1.807) is 11.8 Å². The van der Waals surface area contributed by atoms with Crippen molar-refractivity contribution in [2.75, 3.05) is 12.4 Å². The molecule has 0 heterocycles. The van der Waals surface area contributed by atoms with E-state index in [0.29, 0.717) is 12.4 Å². The monoisotopic (exact) mass is 356 g/mol. The molecule has 5 heteroatoms. The highest BCUT2D eigenvalue weighted by Crippen LogP contribution is 2.14. The van der Waals surface area contributed by atoms with E-state index in [0.717, 1.165) is 22.8 Å². The van der Waals surface area contributed by atoms with Crippen LogP contribution in [-0.2, 0) is 10.5 Å². The Morgan fingerprint density at radius 3 is 2.44 bits per heavy atom. The van der Waals surface area contributed by atoms with Gasteiger partial charge in [0.1, 0.15) is 5.75 Å². The predicted molar refractivity (Wildman–Crippen MR) is 105 cm³/mol. The number of ether oxygens (including phenoxy) is 1. The molecule has 0 aliphatic heterocycles. The smallest absolute Gasteiger partial charge is 0.250 e. The molecule has 0 radical (unpaired) electrons. The molecule has 0 atom stereocenters. The Bertz CT molecular complexity index is 709. The van der Waals surface area contributed by atoms with Gasteiger partial charge >= 0.3 is 0 Å². The second-order valence-corrected chi connectivity index (χ2v) is 6.65. The van der Waals surface area contributed by atoms with Crippen LogP contribution in [0, 0.1) is 6.92 Å². The summed E-state index contributed by atoms with van der Waals surface area (Å²) in [4.78, 5) is 11.9. The molecule has 0 spiro atoms. The number of nitrogens with zero attached hydrogens (tertiary/aromatic N) is 1. The molecule has 132 valence electrons. The molecular formula is C20H24N2O2S. The fourth-order valence-electron chi connectivity index (χ4n) is 2.15. The lowest BCUT2D eigenvalue weighted by molar-refractivity contribution is -0.118. The quantitative estimate of drug-likeness (QED) is 0.570. The van der Waals surface area contributed by atoms with Gasteiger partial charge in [-0.2, -0.15) is 5.10 Å². The molecule has 2 rings (SSSR count). The molecule has 1 N–H and O–H groups in total. The molecule has 25 heavy (non-hydrogen) atoms. The summed E-state index contributed by atoms with van der Waals surface area (Å²) in [6.07, 6.45) is 0. The van der Waals surface area contributed by atoms with Crippen LogP contribution in [0.4, 0.5) is 0 Å². The van der Waals surface area contributed by atoms with Crippen molar-refractivity contribution < 1.29 is 9.53 Å². The molecule has 0 aliphatic carbocycles. The summed E-state index contributed by atoms with van der Waals surface area (Å²) in [5.74, 6) is 1.93. The van der Waals surface area contributed by atoms with Crippen LogP contribution < -0.4 is 10.2 Å². The zero-order valence-corrected chi connectivity index (χ0v) is 15.7. The van der Waals surface area contributed by atoms with Crippen LogP contribution in [0.2, 0.25) is 0 Å². The van der Waals surface area contributed by atoms with Crippen molar-refractivity contribution in [1.29, 1.82) is 0 Å². The molecule has 0 saturated carbocycles. The van der Waals surface area contributed by atoms with Gasteiger partial charge in [-0.3, -0.25) is 4.79 Å². The minimum atomic E-state index is -0.0950. The highest BCUT2D eigenvalue weighted by molar-refractivity contribution is 7.99. The molecule has 0 fully saturated rings. The van der Waals surface area contributed by atoms with E-state index in [1.807, 2.05) is 38.1 Å². The van der Waals surface area contributed by atoms with Crippen LogP contribution >= 0.6 is 11.8 Å². The van der Waals surface area contributed by atoms with Gasteiger partial charge in [-0.15, -0.1) is 11.8 Å².